The Morgan fingerprint density at radius 1 is 1.56 bits per heavy atom. The molecule has 0 spiro atoms. The number of carboxylic acids is 1. The van der Waals surface area contributed by atoms with Gasteiger partial charge in [0.05, 0.1) is 19.1 Å². The van der Waals surface area contributed by atoms with Crippen LogP contribution in [0, 0.1) is 0 Å². The van der Waals surface area contributed by atoms with Crippen LogP contribution in [0.1, 0.15) is 16.8 Å². The van der Waals surface area contributed by atoms with Crippen molar-refractivity contribution < 1.29 is 19.4 Å². The van der Waals surface area contributed by atoms with Gasteiger partial charge in [0.2, 0.25) is 0 Å². The van der Waals surface area contributed by atoms with Crippen LogP contribution < -0.4 is 0 Å². The summed E-state index contributed by atoms with van der Waals surface area (Å²) >= 11 is 1.23. The number of esters is 1. The number of carbonyl (C=O) groups excluding carboxylic acids is 1. The van der Waals surface area contributed by atoms with Gasteiger partial charge in [-0.3, -0.25) is 4.79 Å². The van der Waals surface area contributed by atoms with Crippen LogP contribution in [0.4, 0.5) is 0 Å². The Bertz CT molecular complexity index is 394. The summed E-state index contributed by atoms with van der Waals surface area (Å²) in [7, 11) is 1.29. The molecule has 0 unspecified atom stereocenters. The maximum atomic E-state index is 11.3. The molecule has 0 aliphatic carbocycles. The molecule has 0 fully saturated rings. The number of methoxy groups -OCH3 is 1. The normalized spacial score (nSPS) is 9.81. The zero-order valence-corrected chi connectivity index (χ0v) is 9.49. The summed E-state index contributed by atoms with van der Waals surface area (Å²) in [6.45, 7) is 0. The third-order valence-corrected chi connectivity index (χ3v) is 2.74. The second kappa shape index (κ2) is 6.12. The molecule has 0 atom stereocenters. The van der Waals surface area contributed by atoms with Crippen LogP contribution >= 0.6 is 11.8 Å². The second-order valence-corrected chi connectivity index (χ2v) is 3.92. The van der Waals surface area contributed by atoms with Gasteiger partial charge in [-0.25, -0.2) is 9.78 Å². The Hall–Kier alpha value is -1.56. The van der Waals surface area contributed by atoms with Crippen molar-refractivity contribution in [3.05, 3.63) is 23.9 Å². The number of hydrogen-bond donors (Lipinski definition) is 1. The number of ether oxygens (including phenoxy) is 1. The van der Waals surface area contributed by atoms with Gasteiger partial charge in [0.15, 0.2) is 0 Å². The minimum atomic E-state index is -0.872. The second-order valence-electron chi connectivity index (χ2n) is 2.84. The van der Waals surface area contributed by atoms with E-state index in [4.69, 9.17) is 5.11 Å². The van der Waals surface area contributed by atoms with E-state index in [0.29, 0.717) is 16.3 Å². The first kappa shape index (κ1) is 12.5. The van der Waals surface area contributed by atoms with Gasteiger partial charge in [-0.05, 0) is 12.1 Å². The summed E-state index contributed by atoms with van der Waals surface area (Å²) in [5.74, 6) is -0.968. The van der Waals surface area contributed by atoms with Gasteiger partial charge in [0.1, 0.15) is 5.03 Å². The van der Waals surface area contributed by atoms with Crippen LogP contribution in [0.5, 0.6) is 0 Å². The molecule has 0 aliphatic heterocycles. The summed E-state index contributed by atoms with van der Waals surface area (Å²) in [6, 6.07) is 3.23. The molecule has 0 aromatic carbocycles. The van der Waals surface area contributed by atoms with Gasteiger partial charge >= 0.3 is 11.9 Å². The van der Waals surface area contributed by atoms with Crippen LogP contribution in [0.15, 0.2) is 23.4 Å². The Morgan fingerprint density at radius 2 is 2.31 bits per heavy atom. The Kier molecular flexibility index (Phi) is 4.78. The fourth-order valence-electron chi connectivity index (χ4n) is 1.01. The first-order chi connectivity index (χ1) is 7.65. The van der Waals surface area contributed by atoms with Crippen molar-refractivity contribution >= 4 is 23.7 Å². The lowest BCUT2D eigenvalue weighted by molar-refractivity contribution is -0.136. The fourth-order valence-corrected chi connectivity index (χ4v) is 1.92. The van der Waals surface area contributed by atoms with Crippen molar-refractivity contribution in [3.63, 3.8) is 0 Å². The van der Waals surface area contributed by atoms with E-state index in [1.54, 1.807) is 18.3 Å². The molecule has 0 aliphatic rings. The summed E-state index contributed by atoms with van der Waals surface area (Å²) in [6.07, 6.45) is 1.58. The molecule has 1 aromatic rings. The number of carbonyl (C=O) groups is 2. The van der Waals surface area contributed by atoms with Gasteiger partial charge < -0.3 is 9.84 Å². The predicted molar refractivity (Wildman–Crippen MR) is 58.6 cm³/mol. The maximum Gasteiger partial charge on any atom is 0.340 e. The summed E-state index contributed by atoms with van der Waals surface area (Å²) in [5.41, 5.74) is 0.361. The highest BCUT2D eigenvalue weighted by Crippen LogP contribution is 2.21. The lowest BCUT2D eigenvalue weighted by atomic mass is 10.3. The van der Waals surface area contributed by atoms with E-state index >= 15 is 0 Å². The predicted octanol–water partition coefficient (Wildman–Crippen LogP) is 1.43. The van der Waals surface area contributed by atoms with Crippen LogP contribution in [0.2, 0.25) is 0 Å². The molecular formula is C10H11NO4S. The zero-order valence-electron chi connectivity index (χ0n) is 8.67. The topological polar surface area (TPSA) is 76.5 Å². The maximum absolute atomic E-state index is 11.3. The monoisotopic (exact) mass is 241 g/mol. The number of carboxylic acid groups (broad SMARTS) is 1. The highest BCUT2D eigenvalue weighted by atomic mass is 32.2. The lowest BCUT2D eigenvalue weighted by Gasteiger charge is -2.04. The molecule has 0 bridgehead atoms. The van der Waals surface area contributed by atoms with Crippen LogP contribution in [-0.2, 0) is 9.53 Å². The van der Waals surface area contributed by atoms with Crippen molar-refractivity contribution in [2.75, 3.05) is 12.9 Å². The van der Waals surface area contributed by atoms with Gasteiger partial charge in [-0.2, -0.15) is 0 Å². The first-order valence-electron chi connectivity index (χ1n) is 4.53. The number of thioether (sulfide) groups is 1. The van der Waals surface area contributed by atoms with Crippen molar-refractivity contribution in [2.45, 2.75) is 11.4 Å². The molecule has 0 saturated carbocycles. The molecule has 1 aromatic heterocycles. The van der Waals surface area contributed by atoms with Crippen LogP contribution in [0.25, 0.3) is 0 Å². The number of hydrogen-bond acceptors (Lipinski definition) is 5. The van der Waals surface area contributed by atoms with E-state index in [9.17, 15) is 9.59 Å². The Labute approximate surface area is 96.8 Å². The Morgan fingerprint density at radius 3 is 2.94 bits per heavy atom. The van der Waals surface area contributed by atoms with Crippen molar-refractivity contribution in [1.82, 2.24) is 4.98 Å². The number of aromatic nitrogens is 1. The molecular weight excluding hydrogens is 230 g/mol. The molecule has 0 amide bonds. The SMILES string of the molecule is COC(=O)c1cccnc1SCCC(=O)O. The standard InChI is InChI=1S/C10H11NO4S/c1-15-10(14)7-3-2-5-11-9(7)16-6-4-8(12)13/h2-3,5H,4,6H2,1H3,(H,12,13). The molecule has 0 saturated heterocycles. The third-order valence-electron chi connectivity index (χ3n) is 1.73. The van der Waals surface area contributed by atoms with E-state index in [0.717, 1.165) is 0 Å². The van der Waals surface area contributed by atoms with E-state index < -0.39 is 11.9 Å². The molecule has 1 heterocycles. The number of nitrogens with zero attached hydrogens (tertiary/aromatic N) is 1. The summed E-state index contributed by atoms with van der Waals surface area (Å²) in [5, 5.41) is 8.99. The molecule has 1 rings (SSSR count). The minimum absolute atomic E-state index is 0.0296. The molecule has 0 radical (unpaired) electrons. The highest BCUT2D eigenvalue weighted by Gasteiger charge is 2.12. The van der Waals surface area contributed by atoms with Gasteiger partial charge in [0.25, 0.3) is 0 Å². The van der Waals surface area contributed by atoms with Crippen LogP contribution in [-0.4, -0.2) is 34.9 Å². The minimum Gasteiger partial charge on any atom is -0.481 e. The summed E-state index contributed by atoms with van der Waals surface area (Å²) < 4.78 is 4.60. The quantitative estimate of drug-likeness (QED) is 0.621. The van der Waals surface area contributed by atoms with E-state index in [1.165, 1.54) is 18.9 Å². The van der Waals surface area contributed by atoms with Crippen LogP contribution in [0.3, 0.4) is 0 Å². The molecule has 1 N–H and O–H groups in total. The molecule has 6 heteroatoms. The van der Waals surface area contributed by atoms with E-state index in [2.05, 4.69) is 9.72 Å². The third kappa shape index (κ3) is 3.54. The number of rotatable bonds is 5. The van der Waals surface area contributed by atoms with Crippen molar-refractivity contribution in [3.8, 4) is 0 Å². The van der Waals surface area contributed by atoms with Gasteiger partial charge in [-0.15, -0.1) is 11.8 Å². The molecule has 16 heavy (non-hydrogen) atoms. The molecule has 86 valence electrons. The first-order valence-corrected chi connectivity index (χ1v) is 5.51. The Balaban J connectivity index is 2.71. The zero-order chi connectivity index (χ0) is 12.0. The van der Waals surface area contributed by atoms with Crippen molar-refractivity contribution in [1.29, 1.82) is 0 Å². The van der Waals surface area contributed by atoms with Gasteiger partial charge in [0, 0.05) is 11.9 Å². The van der Waals surface area contributed by atoms with Gasteiger partial charge in [-0.1, -0.05) is 0 Å². The lowest BCUT2D eigenvalue weighted by Crippen LogP contribution is -2.05. The summed E-state index contributed by atoms with van der Waals surface area (Å²) in [4.78, 5) is 25.7. The smallest absolute Gasteiger partial charge is 0.340 e. The number of aliphatic carboxylic acids is 1. The average Bonchev–Trinajstić information content (AvgIpc) is 2.28. The molecule has 5 nitrogen and oxygen atoms in total. The average molecular weight is 241 g/mol. The largest absolute Gasteiger partial charge is 0.481 e. The van der Waals surface area contributed by atoms with E-state index in [-0.39, 0.29) is 6.42 Å². The van der Waals surface area contributed by atoms with Crippen molar-refractivity contribution in [2.24, 2.45) is 0 Å². The van der Waals surface area contributed by atoms with E-state index in [1.807, 2.05) is 0 Å². The highest BCUT2D eigenvalue weighted by molar-refractivity contribution is 7.99. The number of pyridine rings is 1. The fraction of sp³-hybridized carbons (Fsp3) is 0.300.